The van der Waals surface area contributed by atoms with Gasteiger partial charge in [-0.1, -0.05) is 27.7 Å². The number of hydrogen-bond donors (Lipinski definition) is 8. The molecule has 0 aliphatic rings. The maximum absolute atomic E-state index is 6.10. The highest BCUT2D eigenvalue weighted by atomic mass is 17.0. The molecule has 0 bridgehead atoms. The van der Waals surface area contributed by atoms with Crippen molar-refractivity contribution in [3.63, 3.8) is 0 Å². The molecule has 0 unspecified atom stereocenters. The summed E-state index contributed by atoms with van der Waals surface area (Å²) in [6, 6.07) is 0. The van der Waals surface area contributed by atoms with Crippen molar-refractivity contribution in [3.8, 4) is 0 Å². The van der Waals surface area contributed by atoms with E-state index in [1.165, 1.54) is 0 Å². The highest BCUT2D eigenvalue weighted by Crippen LogP contribution is 2.17. The van der Waals surface area contributed by atoms with Crippen molar-refractivity contribution in [1.29, 1.82) is 0 Å². The Morgan fingerprint density at radius 2 is 0.541 bits per heavy atom. The summed E-state index contributed by atoms with van der Waals surface area (Å²) in [6.07, 6.45) is -1.54. The molecule has 0 heterocycles. The van der Waals surface area contributed by atoms with Gasteiger partial charge in [0.05, 0.1) is 26.4 Å². The topological polar surface area (TPSA) is 133 Å². The highest BCUT2D eigenvalue weighted by molar-refractivity contribution is 4.57. The van der Waals surface area contributed by atoms with Crippen LogP contribution in [0.3, 0.4) is 0 Å². The van der Waals surface area contributed by atoms with E-state index in [1.807, 2.05) is 0 Å². The van der Waals surface area contributed by atoms with Gasteiger partial charge in [0.25, 0.3) is 0 Å². The minimum atomic E-state index is -1.54. The lowest BCUT2D eigenvalue weighted by Crippen LogP contribution is -2.47. The van der Waals surface area contributed by atoms with Crippen molar-refractivity contribution in [1.82, 2.24) is 42.5 Å². The van der Waals surface area contributed by atoms with Gasteiger partial charge in [-0.3, -0.25) is 0 Å². The van der Waals surface area contributed by atoms with E-state index in [0.717, 1.165) is 78.5 Å². The van der Waals surface area contributed by atoms with E-state index in [-0.39, 0.29) is 0 Å². The van der Waals surface area contributed by atoms with Crippen molar-refractivity contribution in [2.24, 2.45) is 0 Å². The molecule has 0 atom stereocenters. The molecule has 0 saturated carbocycles. The van der Waals surface area contributed by atoms with Crippen LogP contribution in [-0.2, 0) is 18.9 Å². The van der Waals surface area contributed by atoms with Crippen molar-refractivity contribution in [2.75, 3.05) is 131 Å². The van der Waals surface area contributed by atoms with Gasteiger partial charge in [-0.05, 0) is 26.2 Å². The lowest BCUT2D eigenvalue weighted by atomic mass is 10.5. The van der Waals surface area contributed by atoms with E-state index in [2.05, 4.69) is 70.2 Å². The number of rotatable bonds is 32. The summed E-state index contributed by atoms with van der Waals surface area (Å²) in [4.78, 5) is 0. The summed E-state index contributed by atoms with van der Waals surface area (Å²) >= 11 is 0. The average Bonchev–Trinajstić information content (AvgIpc) is 2.91. The first kappa shape index (κ1) is 36.5. The number of hydrogen-bond acceptors (Lipinski definition) is 12. The Morgan fingerprint density at radius 3 is 0.757 bits per heavy atom. The molecule has 0 aromatic carbocycles. The van der Waals surface area contributed by atoms with Crippen LogP contribution in [0.1, 0.15) is 27.7 Å². The second kappa shape index (κ2) is 30.1. The molecule has 0 aliphatic carbocycles. The quantitative estimate of drug-likeness (QED) is 0.0374. The van der Waals surface area contributed by atoms with Gasteiger partial charge >= 0.3 is 6.16 Å². The molecule has 12 heteroatoms. The largest absolute Gasteiger partial charge is 0.412 e. The zero-order valence-corrected chi connectivity index (χ0v) is 24.3. The van der Waals surface area contributed by atoms with Crippen LogP contribution in [0, 0.1) is 0 Å². The number of likely N-dealkylation sites (N-methyl/N-ethyl adjacent to an activating group) is 4. The minimum absolute atomic E-state index is 0.404. The molecule has 0 spiro atoms. The Balaban J connectivity index is 4.78. The predicted molar refractivity (Wildman–Crippen MR) is 152 cm³/mol. The summed E-state index contributed by atoms with van der Waals surface area (Å²) < 4.78 is 24.4. The normalized spacial score (nSPS) is 12.0. The maximum atomic E-state index is 6.10. The third-order valence-electron chi connectivity index (χ3n) is 5.14. The van der Waals surface area contributed by atoms with Gasteiger partial charge in [0.2, 0.25) is 0 Å². The Hall–Kier alpha value is -0.480. The first-order valence-electron chi connectivity index (χ1n) is 14.5. The second-order valence-corrected chi connectivity index (χ2v) is 8.31. The van der Waals surface area contributed by atoms with Crippen molar-refractivity contribution in [2.45, 2.75) is 33.9 Å². The van der Waals surface area contributed by atoms with Crippen LogP contribution in [0.25, 0.3) is 0 Å². The van der Waals surface area contributed by atoms with Gasteiger partial charge < -0.3 is 61.5 Å². The van der Waals surface area contributed by atoms with E-state index in [4.69, 9.17) is 18.9 Å². The molecule has 0 saturated heterocycles. The van der Waals surface area contributed by atoms with E-state index in [1.54, 1.807) is 0 Å². The highest BCUT2D eigenvalue weighted by Gasteiger charge is 2.35. The van der Waals surface area contributed by atoms with E-state index < -0.39 is 6.16 Å². The molecule has 0 aromatic rings. The smallest absolute Gasteiger partial charge is 0.316 e. The van der Waals surface area contributed by atoms with Crippen molar-refractivity contribution >= 4 is 0 Å². The summed E-state index contributed by atoms with van der Waals surface area (Å²) in [5.74, 6) is 0. The van der Waals surface area contributed by atoms with Crippen LogP contribution < -0.4 is 42.5 Å². The Kier molecular flexibility index (Phi) is 29.7. The van der Waals surface area contributed by atoms with Crippen LogP contribution in [-0.4, -0.2) is 137 Å². The monoisotopic (exact) mass is 536 g/mol. The van der Waals surface area contributed by atoms with E-state index in [0.29, 0.717) is 52.6 Å². The molecule has 0 aliphatic heterocycles. The summed E-state index contributed by atoms with van der Waals surface area (Å²) in [5.41, 5.74) is 0. The van der Waals surface area contributed by atoms with Gasteiger partial charge in [-0.15, -0.1) is 0 Å². The van der Waals surface area contributed by atoms with Crippen LogP contribution >= 0.6 is 0 Å². The first-order valence-corrected chi connectivity index (χ1v) is 14.5. The predicted octanol–water partition coefficient (Wildman–Crippen LogP) is -1.54. The molecule has 0 radical (unpaired) electrons. The molecule has 37 heavy (non-hydrogen) atoms. The molecule has 8 N–H and O–H groups in total. The fourth-order valence-corrected chi connectivity index (χ4v) is 3.16. The number of nitrogens with one attached hydrogen (secondary N) is 8. The zero-order valence-electron chi connectivity index (χ0n) is 24.3. The molecule has 0 aromatic heterocycles. The van der Waals surface area contributed by atoms with Crippen molar-refractivity contribution < 1.29 is 18.9 Å². The zero-order chi connectivity index (χ0) is 27.1. The second-order valence-electron chi connectivity index (χ2n) is 8.31. The SMILES string of the molecule is CCNCCNCCOC(OCCNCCNCC)(OCCNCCNCC)OCCNCCNCC. The number of ether oxygens (including phenoxy) is 4. The fraction of sp³-hybridized carbons (Fsp3) is 1.00. The molecule has 12 nitrogen and oxygen atoms in total. The average molecular weight is 537 g/mol. The molecule has 0 fully saturated rings. The summed E-state index contributed by atoms with van der Waals surface area (Å²) in [5, 5.41) is 26.7. The Labute approximate surface area is 226 Å². The van der Waals surface area contributed by atoms with Gasteiger partial charge in [0.1, 0.15) is 0 Å². The Morgan fingerprint density at radius 1 is 0.324 bits per heavy atom. The minimum Gasteiger partial charge on any atom is -0.316 e. The first-order chi connectivity index (χ1) is 18.2. The molecular formula is C25H60N8O4. The Bertz CT molecular complexity index is 364. The molecule has 224 valence electrons. The third kappa shape index (κ3) is 25.6. The summed E-state index contributed by atoms with van der Waals surface area (Å²) in [6.45, 7) is 23.7. The van der Waals surface area contributed by atoms with Gasteiger partial charge in [0, 0.05) is 78.5 Å². The molecule has 0 amide bonds. The van der Waals surface area contributed by atoms with E-state index in [9.17, 15) is 0 Å². The van der Waals surface area contributed by atoms with Crippen LogP contribution in [0.5, 0.6) is 0 Å². The van der Waals surface area contributed by atoms with Crippen LogP contribution in [0.4, 0.5) is 0 Å². The fourth-order valence-electron chi connectivity index (χ4n) is 3.16. The summed E-state index contributed by atoms with van der Waals surface area (Å²) in [7, 11) is 0. The third-order valence-corrected chi connectivity index (χ3v) is 5.14. The molecule has 0 rings (SSSR count). The molecular weight excluding hydrogens is 476 g/mol. The van der Waals surface area contributed by atoms with Crippen LogP contribution in [0.15, 0.2) is 0 Å². The lowest BCUT2D eigenvalue weighted by molar-refractivity contribution is -0.497. The van der Waals surface area contributed by atoms with Gasteiger partial charge in [-0.25, -0.2) is 0 Å². The maximum Gasteiger partial charge on any atom is 0.412 e. The van der Waals surface area contributed by atoms with Gasteiger partial charge in [-0.2, -0.15) is 0 Å². The van der Waals surface area contributed by atoms with Gasteiger partial charge in [0.15, 0.2) is 0 Å². The van der Waals surface area contributed by atoms with Crippen molar-refractivity contribution in [3.05, 3.63) is 0 Å². The van der Waals surface area contributed by atoms with Crippen LogP contribution in [0.2, 0.25) is 0 Å². The lowest BCUT2D eigenvalue weighted by Gasteiger charge is -2.32. The standard InChI is InChI=1S/C25H60N8O4/c1-5-26-9-13-30-17-21-34-25(35-22-18-31-14-10-27-6-2,36-23-19-32-15-11-28-7-3)37-24-20-33-16-12-29-8-4/h26-33H,5-24H2,1-4H3. The van der Waals surface area contributed by atoms with E-state index >= 15 is 0 Å².